The summed E-state index contributed by atoms with van der Waals surface area (Å²) in [6.07, 6.45) is 15.3. The molecule has 1 aromatic carbocycles. The van der Waals surface area contributed by atoms with Crippen LogP contribution >= 0.6 is 0 Å². The number of hydrogen-bond acceptors (Lipinski definition) is 3. The molecule has 0 spiro atoms. The average Bonchev–Trinajstić information content (AvgIpc) is 2.76. The van der Waals surface area contributed by atoms with Gasteiger partial charge in [0.2, 0.25) is 0 Å². The number of nitrogens with zero attached hydrogens (tertiary/aromatic N) is 1. The second kappa shape index (κ2) is 13.7. The zero-order valence-electron chi connectivity index (χ0n) is 18.0. The Bertz CT molecular complexity index is 719. The number of hydrogen-bond donors (Lipinski definition) is 0. The van der Waals surface area contributed by atoms with Gasteiger partial charge < -0.3 is 9.47 Å². The molecule has 0 bridgehead atoms. The van der Waals surface area contributed by atoms with E-state index in [-0.39, 0.29) is 0 Å². The molecule has 0 amide bonds. The first-order valence-electron chi connectivity index (χ1n) is 10.8. The van der Waals surface area contributed by atoms with Crippen molar-refractivity contribution in [1.29, 1.82) is 0 Å². The summed E-state index contributed by atoms with van der Waals surface area (Å²) in [7, 11) is 0. The Hall–Kier alpha value is -2.39. The lowest BCUT2D eigenvalue weighted by Crippen LogP contribution is -2.08. The van der Waals surface area contributed by atoms with Crippen LogP contribution < -0.4 is 4.74 Å². The molecule has 1 unspecified atom stereocenters. The molecule has 1 atom stereocenters. The Labute approximate surface area is 176 Å². The predicted octanol–water partition coefficient (Wildman–Crippen LogP) is 7.09. The quantitative estimate of drug-likeness (QED) is 0.253. The van der Waals surface area contributed by atoms with E-state index in [0.29, 0.717) is 12.7 Å². The average molecular weight is 394 g/mol. The summed E-state index contributed by atoms with van der Waals surface area (Å²) in [5.74, 6) is 0.849. The summed E-state index contributed by atoms with van der Waals surface area (Å²) >= 11 is 0. The first kappa shape index (κ1) is 22.9. The van der Waals surface area contributed by atoms with Gasteiger partial charge in [0, 0.05) is 18.4 Å². The van der Waals surface area contributed by atoms with Crippen LogP contribution in [0.1, 0.15) is 58.1 Å². The van der Waals surface area contributed by atoms with Gasteiger partial charge in [0.05, 0.1) is 11.8 Å². The molecule has 0 fully saturated rings. The highest BCUT2D eigenvalue weighted by molar-refractivity contribution is 5.64. The van der Waals surface area contributed by atoms with Crippen molar-refractivity contribution in [3.8, 4) is 16.9 Å². The van der Waals surface area contributed by atoms with E-state index in [1.165, 1.54) is 19.3 Å². The summed E-state index contributed by atoms with van der Waals surface area (Å²) in [5.41, 5.74) is 3.22. The van der Waals surface area contributed by atoms with Crippen LogP contribution in [0.4, 0.5) is 0 Å². The van der Waals surface area contributed by atoms with Gasteiger partial charge in [-0.05, 0) is 62.4 Å². The molecular formula is C26H35NO2. The first-order valence-corrected chi connectivity index (χ1v) is 10.8. The normalized spacial score (nSPS) is 12.2. The highest BCUT2D eigenvalue weighted by Crippen LogP contribution is 2.22. The lowest BCUT2D eigenvalue weighted by Gasteiger charge is -2.11. The van der Waals surface area contributed by atoms with Crippen molar-refractivity contribution in [2.24, 2.45) is 0 Å². The molecule has 0 aliphatic carbocycles. The zero-order chi connectivity index (χ0) is 20.7. The topological polar surface area (TPSA) is 31.4 Å². The van der Waals surface area contributed by atoms with Crippen LogP contribution in [0.15, 0.2) is 61.3 Å². The molecule has 1 aromatic heterocycles. The van der Waals surface area contributed by atoms with Crippen molar-refractivity contribution < 1.29 is 9.47 Å². The summed E-state index contributed by atoms with van der Waals surface area (Å²) in [6.45, 7) is 9.47. The Balaban J connectivity index is 1.72. The van der Waals surface area contributed by atoms with Crippen molar-refractivity contribution in [3.63, 3.8) is 0 Å². The second-order valence-electron chi connectivity index (χ2n) is 7.32. The van der Waals surface area contributed by atoms with Crippen molar-refractivity contribution in [2.75, 3.05) is 13.2 Å². The van der Waals surface area contributed by atoms with Gasteiger partial charge in [-0.3, -0.25) is 4.98 Å². The minimum Gasteiger partial charge on any atom is -0.490 e. The summed E-state index contributed by atoms with van der Waals surface area (Å²) in [5, 5.41) is 0. The van der Waals surface area contributed by atoms with Gasteiger partial charge in [-0.2, -0.15) is 0 Å². The van der Waals surface area contributed by atoms with E-state index in [1.54, 1.807) is 6.08 Å². The number of aromatic nitrogens is 1. The molecule has 0 N–H and O–H groups in total. The largest absolute Gasteiger partial charge is 0.490 e. The minimum absolute atomic E-state index is 0.353. The molecule has 1 heterocycles. The molecule has 156 valence electrons. The summed E-state index contributed by atoms with van der Waals surface area (Å²) < 4.78 is 11.4. The molecule has 0 saturated heterocycles. The Morgan fingerprint density at radius 1 is 1.03 bits per heavy atom. The van der Waals surface area contributed by atoms with E-state index in [4.69, 9.17) is 9.47 Å². The van der Waals surface area contributed by atoms with Crippen LogP contribution in [0.3, 0.4) is 0 Å². The maximum Gasteiger partial charge on any atom is 0.119 e. The van der Waals surface area contributed by atoms with Crippen molar-refractivity contribution in [2.45, 2.75) is 58.5 Å². The smallest absolute Gasteiger partial charge is 0.119 e. The van der Waals surface area contributed by atoms with E-state index in [0.717, 1.165) is 48.4 Å². The fourth-order valence-electron chi connectivity index (χ4n) is 3.02. The van der Waals surface area contributed by atoms with Crippen LogP contribution in [0.5, 0.6) is 5.75 Å². The molecule has 0 saturated carbocycles. The predicted molar refractivity (Wildman–Crippen MR) is 123 cm³/mol. The number of rotatable bonds is 14. The zero-order valence-corrected chi connectivity index (χ0v) is 18.0. The van der Waals surface area contributed by atoms with Gasteiger partial charge in [0.25, 0.3) is 0 Å². The molecule has 29 heavy (non-hydrogen) atoms. The minimum atomic E-state index is 0.353. The van der Waals surface area contributed by atoms with Gasteiger partial charge in [-0.15, -0.1) is 0 Å². The van der Waals surface area contributed by atoms with Gasteiger partial charge in [-0.25, -0.2) is 0 Å². The van der Waals surface area contributed by atoms with Gasteiger partial charge in [0.15, 0.2) is 0 Å². The third-order valence-corrected chi connectivity index (χ3v) is 4.76. The molecule has 2 aromatic rings. The third kappa shape index (κ3) is 9.10. The highest BCUT2D eigenvalue weighted by atomic mass is 16.5. The van der Waals surface area contributed by atoms with Crippen molar-refractivity contribution >= 4 is 6.08 Å². The lowest BCUT2D eigenvalue weighted by molar-refractivity contribution is 0.0566. The summed E-state index contributed by atoms with van der Waals surface area (Å²) in [6, 6.07) is 12.2. The SMILES string of the molecule is C=CCOc1ccc(-c2ccc(/C=C/CCCC(C)OCCCCC)nc2)cc1. The fourth-order valence-corrected chi connectivity index (χ4v) is 3.02. The molecule has 0 aliphatic heterocycles. The fraction of sp³-hybridized carbons (Fsp3) is 0.423. The third-order valence-electron chi connectivity index (χ3n) is 4.76. The Morgan fingerprint density at radius 2 is 1.83 bits per heavy atom. The number of ether oxygens (including phenoxy) is 2. The van der Waals surface area contributed by atoms with Crippen LogP contribution in [0.25, 0.3) is 17.2 Å². The standard InChI is InChI=1S/C26H35NO2/c1-4-6-10-20-28-22(3)11-8-7-9-12-25-16-13-24(21-27-25)23-14-17-26(18-15-23)29-19-5-2/h5,9,12-18,21-22H,2,4,6-8,10-11,19-20H2,1,3H3/b12-9+. The molecule has 3 heteroatoms. The molecule has 3 nitrogen and oxygen atoms in total. The van der Waals surface area contributed by atoms with Gasteiger partial charge in [0.1, 0.15) is 12.4 Å². The number of allylic oxidation sites excluding steroid dienone is 1. The van der Waals surface area contributed by atoms with Crippen LogP contribution in [-0.2, 0) is 4.74 Å². The number of unbranched alkanes of at least 4 members (excludes halogenated alkanes) is 3. The Morgan fingerprint density at radius 3 is 2.52 bits per heavy atom. The van der Waals surface area contributed by atoms with Gasteiger partial charge >= 0.3 is 0 Å². The number of pyridine rings is 1. The number of benzene rings is 1. The van der Waals surface area contributed by atoms with E-state index in [9.17, 15) is 0 Å². The van der Waals surface area contributed by atoms with Crippen LogP contribution in [-0.4, -0.2) is 24.3 Å². The first-order chi connectivity index (χ1) is 14.2. The Kier molecular flexibility index (Phi) is 10.8. The van der Waals surface area contributed by atoms with Crippen molar-refractivity contribution in [1.82, 2.24) is 4.98 Å². The molecule has 2 rings (SSSR count). The maximum absolute atomic E-state index is 5.84. The lowest BCUT2D eigenvalue weighted by atomic mass is 10.1. The highest BCUT2D eigenvalue weighted by Gasteiger charge is 2.01. The monoisotopic (exact) mass is 393 g/mol. The van der Waals surface area contributed by atoms with E-state index in [1.807, 2.05) is 18.3 Å². The van der Waals surface area contributed by atoms with Crippen LogP contribution in [0.2, 0.25) is 0 Å². The molecular weight excluding hydrogens is 358 g/mol. The van der Waals surface area contributed by atoms with E-state index in [2.05, 4.69) is 61.8 Å². The summed E-state index contributed by atoms with van der Waals surface area (Å²) in [4.78, 5) is 4.56. The molecule has 0 aliphatic rings. The van der Waals surface area contributed by atoms with E-state index < -0.39 is 0 Å². The van der Waals surface area contributed by atoms with E-state index >= 15 is 0 Å². The second-order valence-corrected chi connectivity index (χ2v) is 7.32. The molecule has 0 radical (unpaired) electrons. The van der Waals surface area contributed by atoms with Gasteiger partial charge in [-0.1, -0.05) is 56.7 Å². The van der Waals surface area contributed by atoms with Crippen LogP contribution in [0, 0.1) is 0 Å². The van der Waals surface area contributed by atoms with Crippen molar-refractivity contribution in [3.05, 3.63) is 67.0 Å². The maximum atomic E-state index is 5.84.